The summed E-state index contributed by atoms with van der Waals surface area (Å²) in [6, 6.07) is 10.2. The minimum atomic E-state index is -0.585. The first-order chi connectivity index (χ1) is 11.3. The molecule has 24 heavy (non-hydrogen) atoms. The highest BCUT2D eigenvalue weighted by Crippen LogP contribution is 2.33. The van der Waals surface area contributed by atoms with E-state index in [0.29, 0.717) is 30.8 Å². The van der Waals surface area contributed by atoms with Crippen LogP contribution in [-0.2, 0) is 4.79 Å². The molecular formula is C17H11Br2ClN2O2. The Hall–Kier alpha value is -1.81. The highest BCUT2D eigenvalue weighted by atomic mass is 79.9. The molecule has 122 valence electrons. The molecule has 7 heteroatoms. The number of hydrogen-bond acceptors (Lipinski definition) is 3. The first-order valence-electron chi connectivity index (χ1n) is 6.69. The van der Waals surface area contributed by atoms with E-state index in [1.807, 2.05) is 6.07 Å². The number of aromatic hydroxyl groups is 1. The van der Waals surface area contributed by atoms with Crippen molar-refractivity contribution in [1.29, 1.82) is 5.26 Å². The quantitative estimate of drug-likeness (QED) is 0.464. The van der Waals surface area contributed by atoms with Crippen LogP contribution in [-0.4, -0.2) is 11.0 Å². The Balaban J connectivity index is 2.37. The fourth-order valence-corrected chi connectivity index (χ4v) is 3.37. The van der Waals surface area contributed by atoms with Gasteiger partial charge in [0, 0.05) is 20.7 Å². The number of nitrogens with zero attached hydrogens (tertiary/aromatic N) is 1. The number of hydrogen-bond donors (Lipinski definition) is 2. The molecule has 1 amide bonds. The maximum Gasteiger partial charge on any atom is 0.266 e. The third kappa shape index (κ3) is 4.18. The number of anilines is 1. The predicted molar refractivity (Wildman–Crippen MR) is 102 cm³/mol. The molecular weight excluding hydrogens is 459 g/mol. The molecule has 2 rings (SSSR count). The average molecular weight is 471 g/mol. The lowest BCUT2D eigenvalue weighted by Gasteiger charge is -2.09. The highest BCUT2D eigenvalue weighted by Gasteiger charge is 2.14. The second kappa shape index (κ2) is 7.84. The Kier molecular flexibility index (Phi) is 6.05. The lowest BCUT2D eigenvalue weighted by molar-refractivity contribution is -0.112. The standard InChI is InChI=1S/C17H11Br2ClN2O2/c1-9-14(20)3-2-4-15(9)22-17(24)11(8-21)5-10-6-12(18)7-13(19)16(10)23/h2-7,23H,1H3,(H,22,24)/b11-5+. The van der Waals surface area contributed by atoms with Gasteiger partial charge in [-0.1, -0.05) is 33.6 Å². The SMILES string of the molecule is Cc1c(Cl)cccc1NC(=O)/C(C#N)=C/c1cc(Br)cc(Br)c1O. The summed E-state index contributed by atoms with van der Waals surface area (Å²) >= 11 is 12.5. The van der Waals surface area contributed by atoms with Crippen molar-refractivity contribution in [3.63, 3.8) is 0 Å². The minimum Gasteiger partial charge on any atom is -0.506 e. The van der Waals surface area contributed by atoms with Gasteiger partial charge < -0.3 is 10.4 Å². The zero-order chi connectivity index (χ0) is 17.9. The van der Waals surface area contributed by atoms with Crippen molar-refractivity contribution in [3.05, 3.63) is 61.0 Å². The molecule has 2 aromatic rings. The van der Waals surface area contributed by atoms with E-state index in [-0.39, 0.29) is 11.3 Å². The summed E-state index contributed by atoms with van der Waals surface area (Å²) in [5.74, 6) is -0.643. The third-order valence-corrected chi connectivity index (χ3v) is 4.71. The monoisotopic (exact) mass is 468 g/mol. The molecule has 0 aliphatic carbocycles. The van der Waals surface area contributed by atoms with Crippen LogP contribution in [0.3, 0.4) is 0 Å². The normalized spacial score (nSPS) is 11.0. The maximum absolute atomic E-state index is 12.3. The second-order valence-corrected chi connectivity index (χ2v) is 7.04. The molecule has 0 atom stereocenters. The van der Waals surface area contributed by atoms with Gasteiger partial charge in [-0.05, 0) is 58.8 Å². The number of nitriles is 1. The average Bonchev–Trinajstić information content (AvgIpc) is 2.53. The number of rotatable bonds is 3. The van der Waals surface area contributed by atoms with Crippen LogP contribution >= 0.6 is 43.5 Å². The molecule has 0 fully saturated rings. The highest BCUT2D eigenvalue weighted by molar-refractivity contribution is 9.11. The molecule has 0 unspecified atom stereocenters. The molecule has 0 radical (unpaired) electrons. The van der Waals surface area contributed by atoms with Crippen LogP contribution in [0.1, 0.15) is 11.1 Å². The number of carbonyl (C=O) groups is 1. The van der Waals surface area contributed by atoms with Crippen molar-refractivity contribution in [2.75, 3.05) is 5.32 Å². The summed E-state index contributed by atoms with van der Waals surface area (Å²) in [6.07, 6.45) is 1.32. The van der Waals surface area contributed by atoms with Gasteiger partial charge in [0.1, 0.15) is 17.4 Å². The van der Waals surface area contributed by atoms with E-state index < -0.39 is 5.91 Å². The summed E-state index contributed by atoms with van der Waals surface area (Å²) in [6.45, 7) is 1.77. The molecule has 0 bridgehead atoms. The van der Waals surface area contributed by atoms with E-state index in [4.69, 9.17) is 11.6 Å². The largest absolute Gasteiger partial charge is 0.506 e. The Bertz CT molecular complexity index is 889. The van der Waals surface area contributed by atoms with Crippen molar-refractivity contribution in [2.45, 2.75) is 6.92 Å². The summed E-state index contributed by atoms with van der Waals surface area (Å²) < 4.78 is 1.15. The topological polar surface area (TPSA) is 73.1 Å². The predicted octanol–water partition coefficient (Wildman–Crippen LogP) is 5.42. The fraction of sp³-hybridized carbons (Fsp3) is 0.0588. The van der Waals surface area contributed by atoms with Gasteiger partial charge in [-0.25, -0.2) is 0 Å². The molecule has 0 spiro atoms. The molecule has 4 nitrogen and oxygen atoms in total. The van der Waals surface area contributed by atoms with Gasteiger partial charge in [-0.2, -0.15) is 5.26 Å². The van der Waals surface area contributed by atoms with Gasteiger partial charge in [-0.3, -0.25) is 4.79 Å². The van der Waals surface area contributed by atoms with Crippen LogP contribution in [0.15, 0.2) is 44.9 Å². The smallest absolute Gasteiger partial charge is 0.266 e. The van der Waals surface area contributed by atoms with E-state index in [9.17, 15) is 15.2 Å². The first-order valence-corrected chi connectivity index (χ1v) is 8.66. The molecule has 0 aliphatic rings. The summed E-state index contributed by atoms with van der Waals surface area (Å²) in [5, 5.41) is 22.5. The number of amides is 1. The summed E-state index contributed by atoms with van der Waals surface area (Å²) in [7, 11) is 0. The zero-order valence-corrected chi connectivity index (χ0v) is 16.3. The van der Waals surface area contributed by atoms with Crippen LogP contribution in [0.2, 0.25) is 5.02 Å². The molecule has 2 N–H and O–H groups in total. The maximum atomic E-state index is 12.3. The number of nitrogens with one attached hydrogen (secondary N) is 1. The lowest BCUT2D eigenvalue weighted by Crippen LogP contribution is -2.14. The van der Waals surface area contributed by atoms with Crippen LogP contribution in [0.5, 0.6) is 5.75 Å². The molecule has 0 aromatic heterocycles. The Labute approximate surface area is 161 Å². The van der Waals surface area contributed by atoms with Gasteiger partial charge in [0.05, 0.1) is 4.47 Å². The third-order valence-electron chi connectivity index (χ3n) is 3.24. The van der Waals surface area contributed by atoms with Gasteiger partial charge >= 0.3 is 0 Å². The molecule has 2 aromatic carbocycles. The zero-order valence-electron chi connectivity index (χ0n) is 12.4. The van der Waals surface area contributed by atoms with E-state index in [0.717, 1.165) is 0 Å². The van der Waals surface area contributed by atoms with E-state index in [1.54, 1.807) is 37.3 Å². The van der Waals surface area contributed by atoms with Crippen molar-refractivity contribution < 1.29 is 9.90 Å². The van der Waals surface area contributed by atoms with E-state index in [2.05, 4.69) is 37.2 Å². The number of halogens is 3. The Morgan fingerprint density at radius 2 is 2.08 bits per heavy atom. The fourth-order valence-electron chi connectivity index (χ4n) is 1.93. The van der Waals surface area contributed by atoms with Gasteiger partial charge in [-0.15, -0.1) is 0 Å². The van der Waals surface area contributed by atoms with Gasteiger partial charge in [0.2, 0.25) is 0 Å². The van der Waals surface area contributed by atoms with E-state index >= 15 is 0 Å². The van der Waals surface area contributed by atoms with Gasteiger partial charge in [0.25, 0.3) is 5.91 Å². The van der Waals surface area contributed by atoms with E-state index in [1.165, 1.54) is 6.08 Å². The molecule has 0 aliphatic heterocycles. The second-order valence-electron chi connectivity index (χ2n) is 4.86. The molecule has 0 saturated heterocycles. The van der Waals surface area contributed by atoms with Crippen LogP contribution in [0.25, 0.3) is 6.08 Å². The number of phenols is 1. The van der Waals surface area contributed by atoms with Crippen LogP contribution in [0.4, 0.5) is 5.69 Å². The van der Waals surface area contributed by atoms with Crippen molar-refractivity contribution in [1.82, 2.24) is 0 Å². The van der Waals surface area contributed by atoms with Crippen LogP contribution < -0.4 is 5.32 Å². The number of benzene rings is 2. The lowest BCUT2D eigenvalue weighted by atomic mass is 10.1. The molecule has 0 heterocycles. The first kappa shape index (κ1) is 18.5. The van der Waals surface area contributed by atoms with Crippen molar-refractivity contribution in [3.8, 4) is 11.8 Å². The van der Waals surface area contributed by atoms with Crippen molar-refractivity contribution in [2.24, 2.45) is 0 Å². The number of carbonyl (C=O) groups excluding carboxylic acids is 1. The van der Waals surface area contributed by atoms with Crippen LogP contribution in [0, 0.1) is 18.3 Å². The summed E-state index contributed by atoms with van der Waals surface area (Å²) in [5.41, 5.74) is 1.42. The van der Waals surface area contributed by atoms with Gasteiger partial charge in [0.15, 0.2) is 0 Å². The van der Waals surface area contributed by atoms with Crippen molar-refractivity contribution >= 4 is 61.1 Å². The Morgan fingerprint density at radius 3 is 2.75 bits per heavy atom. The summed E-state index contributed by atoms with van der Waals surface area (Å²) in [4.78, 5) is 12.3. The number of phenolic OH excluding ortho intramolecular Hbond substituents is 1. The Morgan fingerprint density at radius 1 is 1.38 bits per heavy atom. The molecule has 0 saturated carbocycles. The minimum absolute atomic E-state index is 0.0577.